The third kappa shape index (κ3) is 1.96. The van der Waals surface area contributed by atoms with E-state index in [1.54, 1.807) is 0 Å². The van der Waals surface area contributed by atoms with Gasteiger partial charge in [0.2, 0.25) is 5.95 Å². The van der Waals surface area contributed by atoms with Gasteiger partial charge in [-0.2, -0.15) is 0 Å². The van der Waals surface area contributed by atoms with Crippen LogP contribution in [0.1, 0.15) is 32.1 Å². The molecule has 3 rings (SSSR count). The zero-order chi connectivity index (χ0) is 10.8. The van der Waals surface area contributed by atoms with Crippen molar-refractivity contribution in [2.45, 2.75) is 38.1 Å². The van der Waals surface area contributed by atoms with Gasteiger partial charge in [0.1, 0.15) is 0 Å². The lowest BCUT2D eigenvalue weighted by Gasteiger charge is -2.26. The van der Waals surface area contributed by atoms with Crippen molar-refractivity contribution in [1.82, 2.24) is 9.97 Å². The normalized spacial score (nSPS) is 20.9. The Bertz CT molecular complexity index is 339. The third-order valence-corrected chi connectivity index (χ3v) is 3.55. The van der Waals surface area contributed by atoms with Gasteiger partial charge in [-0.1, -0.05) is 0 Å². The summed E-state index contributed by atoms with van der Waals surface area (Å²) in [7, 11) is 0. The van der Waals surface area contributed by atoms with Crippen molar-refractivity contribution < 1.29 is 0 Å². The fraction of sp³-hybridized carbons (Fsp3) is 0.667. The van der Waals surface area contributed by atoms with E-state index in [2.05, 4.69) is 20.2 Å². The molecule has 86 valence electrons. The smallest absolute Gasteiger partial charge is 0.222 e. The maximum atomic E-state index is 4.38. The van der Waals surface area contributed by atoms with Crippen LogP contribution in [0.5, 0.6) is 0 Å². The van der Waals surface area contributed by atoms with E-state index in [1.165, 1.54) is 32.1 Å². The first kappa shape index (κ1) is 9.87. The number of hydrogen-bond donors (Lipinski definition) is 1. The van der Waals surface area contributed by atoms with Crippen molar-refractivity contribution in [1.29, 1.82) is 0 Å². The van der Waals surface area contributed by atoms with Gasteiger partial charge < -0.3 is 10.2 Å². The SMILES string of the molecule is c1nc(NC2CCC2)ncc1N1CCCC1. The Labute approximate surface area is 96.1 Å². The van der Waals surface area contributed by atoms with Crippen LogP contribution in [0.15, 0.2) is 12.4 Å². The van der Waals surface area contributed by atoms with Crippen LogP contribution < -0.4 is 10.2 Å². The van der Waals surface area contributed by atoms with E-state index in [-0.39, 0.29) is 0 Å². The number of nitrogens with zero attached hydrogens (tertiary/aromatic N) is 3. The standard InChI is InChI=1S/C12H18N4/c1-2-7-16(6-1)11-8-13-12(14-9-11)15-10-4-3-5-10/h8-10H,1-7H2,(H,13,14,15). The Balaban J connectivity index is 1.64. The van der Waals surface area contributed by atoms with Crippen LogP contribution >= 0.6 is 0 Å². The zero-order valence-electron chi connectivity index (χ0n) is 9.52. The van der Waals surface area contributed by atoms with E-state index in [4.69, 9.17) is 0 Å². The molecule has 2 heterocycles. The van der Waals surface area contributed by atoms with Crippen LogP contribution in [-0.2, 0) is 0 Å². The summed E-state index contributed by atoms with van der Waals surface area (Å²) in [5.41, 5.74) is 1.16. The number of aromatic nitrogens is 2. The largest absolute Gasteiger partial charge is 0.369 e. The van der Waals surface area contributed by atoms with Crippen LogP contribution in [-0.4, -0.2) is 29.1 Å². The van der Waals surface area contributed by atoms with Gasteiger partial charge in [-0.3, -0.25) is 0 Å². The predicted molar refractivity (Wildman–Crippen MR) is 64.7 cm³/mol. The van der Waals surface area contributed by atoms with Crippen molar-refractivity contribution in [2.24, 2.45) is 0 Å². The molecule has 2 aliphatic rings. The van der Waals surface area contributed by atoms with Crippen molar-refractivity contribution in [3.8, 4) is 0 Å². The second-order valence-corrected chi connectivity index (χ2v) is 4.73. The van der Waals surface area contributed by atoms with Crippen LogP contribution in [0.25, 0.3) is 0 Å². The molecule has 1 saturated carbocycles. The number of rotatable bonds is 3. The lowest BCUT2D eigenvalue weighted by molar-refractivity contribution is 0.443. The fourth-order valence-electron chi connectivity index (χ4n) is 2.27. The molecule has 4 heteroatoms. The minimum absolute atomic E-state index is 0.609. The first-order chi connectivity index (χ1) is 7.92. The van der Waals surface area contributed by atoms with Gasteiger partial charge in [-0.25, -0.2) is 9.97 Å². The molecule has 16 heavy (non-hydrogen) atoms. The second kappa shape index (κ2) is 4.28. The van der Waals surface area contributed by atoms with Gasteiger partial charge >= 0.3 is 0 Å². The summed E-state index contributed by atoms with van der Waals surface area (Å²) in [4.78, 5) is 11.1. The summed E-state index contributed by atoms with van der Waals surface area (Å²) in [5, 5.41) is 3.36. The molecule has 0 atom stereocenters. The van der Waals surface area contributed by atoms with Gasteiger partial charge in [0.05, 0.1) is 18.1 Å². The molecule has 0 spiro atoms. The van der Waals surface area contributed by atoms with E-state index < -0.39 is 0 Å². The maximum absolute atomic E-state index is 4.38. The summed E-state index contributed by atoms with van der Waals surface area (Å²) < 4.78 is 0. The van der Waals surface area contributed by atoms with E-state index in [1.807, 2.05) is 12.4 Å². The highest BCUT2D eigenvalue weighted by molar-refractivity contribution is 5.45. The summed E-state index contributed by atoms with van der Waals surface area (Å²) >= 11 is 0. The highest BCUT2D eigenvalue weighted by atomic mass is 15.2. The van der Waals surface area contributed by atoms with Crippen LogP contribution in [0.4, 0.5) is 11.6 Å². The van der Waals surface area contributed by atoms with E-state index in [9.17, 15) is 0 Å². The molecule has 0 radical (unpaired) electrons. The molecule has 2 fully saturated rings. The van der Waals surface area contributed by atoms with Gasteiger partial charge in [0, 0.05) is 19.1 Å². The molecule has 1 N–H and O–H groups in total. The van der Waals surface area contributed by atoms with Gasteiger partial charge in [-0.15, -0.1) is 0 Å². The highest BCUT2D eigenvalue weighted by Gasteiger charge is 2.18. The molecular weight excluding hydrogens is 200 g/mol. The number of hydrogen-bond acceptors (Lipinski definition) is 4. The van der Waals surface area contributed by atoms with Crippen molar-refractivity contribution in [3.05, 3.63) is 12.4 Å². The minimum atomic E-state index is 0.609. The molecule has 4 nitrogen and oxygen atoms in total. The summed E-state index contributed by atoms with van der Waals surface area (Å²) in [5.74, 6) is 0.785. The van der Waals surface area contributed by atoms with Crippen molar-refractivity contribution in [3.63, 3.8) is 0 Å². The van der Waals surface area contributed by atoms with E-state index in [0.29, 0.717) is 6.04 Å². The second-order valence-electron chi connectivity index (χ2n) is 4.73. The Morgan fingerprint density at radius 2 is 1.75 bits per heavy atom. The third-order valence-electron chi connectivity index (χ3n) is 3.55. The molecule has 1 aromatic heterocycles. The molecule has 1 saturated heterocycles. The van der Waals surface area contributed by atoms with E-state index >= 15 is 0 Å². The quantitative estimate of drug-likeness (QED) is 0.843. The first-order valence-electron chi connectivity index (χ1n) is 6.25. The average molecular weight is 218 g/mol. The minimum Gasteiger partial charge on any atom is -0.369 e. The molecule has 0 amide bonds. The van der Waals surface area contributed by atoms with Crippen molar-refractivity contribution in [2.75, 3.05) is 23.3 Å². The number of nitrogens with one attached hydrogen (secondary N) is 1. The average Bonchev–Trinajstić information content (AvgIpc) is 2.78. The summed E-state index contributed by atoms with van der Waals surface area (Å²) in [6.07, 6.45) is 10.3. The molecule has 0 aromatic carbocycles. The molecule has 1 aromatic rings. The number of anilines is 2. The maximum Gasteiger partial charge on any atom is 0.222 e. The molecule has 0 unspecified atom stereocenters. The zero-order valence-corrected chi connectivity index (χ0v) is 9.52. The molecule has 1 aliphatic carbocycles. The van der Waals surface area contributed by atoms with Crippen LogP contribution in [0.2, 0.25) is 0 Å². The van der Waals surface area contributed by atoms with Crippen LogP contribution in [0.3, 0.4) is 0 Å². The fourth-order valence-corrected chi connectivity index (χ4v) is 2.27. The lowest BCUT2D eigenvalue weighted by atomic mass is 9.93. The Hall–Kier alpha value is -1.32. The summed E-state index contributed by atoms with van der Waals surface area (Å²) in [6.45, 7) is 2.30. The van der Waals surface area contributed by atoms with Crippen molar-refractivity contribution >= 4 is 11.6 Å². The molecule has 0 bridgehead atoms. The van der Waals surface area contributed by atoms with Crippen LogP contribution in [0, 0.1) is 0 Å². The van der Waals surface area contributed by atoms with Gasteiger partial charge in [-0.05, 0) is 32.1 Å². The summed E-state index contributed by atoms with van der Waals surface area (Å²) in [6, 6.07) is 0.609. The highest BCUT2D eigenvalue weighted by Crippen LogP contribution is 2.22. The monoisotopic (exact) mass is 218 g/mol. The Morgan fingerprint density at radius 3 is 2.31 bits per heavy atom. The van der Waals surface area contributed by atoms with E-state index in [0.717, 1.165) is 24.7 Å². The predicted octanol–water partition coefficient (Wildman–Crippen LogP) is 2.04. The van der Waals surface area contributed by atoms with Gasteiger partial charge in [0.25, 0.3) is 0 Å². The van der Waals surface area contributed by atoms with Gasteiger partial charge in [0.15, 0.2) is 0 Å². The lowest BCUT2D eigenvalue weighted by Crippen LogP contribution is -2.28. The Morgan fingerprint density at radius 1 is 1.06 bits per heavy atom. The molecular formula is C12H18N4. The first-order valence-corrected chi connectivity index (χ1v) is 6.25. The topological polar surface area (TPSA) is 41.1 Å². The Kier molecular flexibility index (Phi) is 2.64. The molecule has 1 aliphatic heterocycles.